The zero-order valence-electron chi connectivity index (χ0n) is 17.2. The lowest BCUT2D eigenvalue weighted by atomic mass is 9.95. The summed E-state index contributed by atoms with van der Waals surface area (Å²) in [4.78, 5) is 0. The van der Waals surface area contributed by atoms with Crippen LogP contribution in [-0.4, -0.2) is 0 Å². The highest BCUT2D eigenvalue weighted by Crippen LogP contribution is 2.64. The molecule has 0 amide bonds. The van der Waals surface area contributed by atoms with E-state index in [1.165, 1.54) is 35.2 Å². The summed E-state index contributed by atoms with van der Waals surface area (Å²) in [7, 11) is -1.89. The van der Waals surface area contributed by atoms with Gasteiger partial charge in [0.2, 0.25) is 0 Å². The first kappa shape index (κ1) is 19.9. The summed E-state index contributed by atoms with van der Waals surface area (Å²) in [6.45, 7) is 2.29. The van der Waals surface area contributed by atoms with Crippen molar-refractivity contribution in [1.29, 1.82) is 0 Å². The minimum Gasteiger partial charge on any atom is -0.0808 e. The van der Waals surface area contributed by atoms with E-state index in [1.807, 2.05) is 0 Å². The first-order chi connectivity index (χ1) is 14.4. The van der Waals surface area contributed by atoms with E-state index in [4.69, 9.17) is 0 Å². The van der Waals surface area contributed by atoms with Gasteiger partial charge in [-0.15, -0.1) is 0 Å². The van der Waals surface area contributed by atoms with Gasteiger partial charge in [0, 0.05) is 6.42 Å². The Labute approximate surface area is 176 Å². The van der Waals surface area contributed by atoms with Gasteiger partial charge in [-0.1, -0.05) is 86.5 Å². The van der Waals surface area contributed by atoms with Crippen LogP contribution in [-0.2, 0) is 0 Å². The van der Waals surface area contributed by atoms with Crippen LogP contribution in [0.2, 0.25) is 0 Å². The first-order valence-electron chi connectivity index (χ1n) is 10.8. The van der Waals surface area contributed by atoms with Gasteiger partial charge in [-0.05, 0) is 54.8 Å². The second-order valence-electron chi connectivity index (χ2n) is 7.83. The Kier molecular flexibility index (Phi) is 6.43. The Balaban J connectivity index is 1.94. The molecule has 0 nitrogen and oxygen atoms in total. The number of rotatable bonds is 7. The molecule has 29 heavy (non-hydrogen) atoms. The van der Waals surface area contributed by atoms with Gasteiger partial charge in [-0.2, -0.15) is 0 Å². The molecule has 3 aromatic rings. The number of unbranched alkanes of at least 4 members (excludes halogenated alkanes) is 1. The van der Waals surface area contributed by atoms with Crippen LogP contribution in [0.1, 0.15) is 32.6 Å². The quantitative estimate of drug-likeness (QED) is 0.393. The molecule has 1 atom stereocenters. The van der Waals surface area contributed by atoms with E-state index in [9.17, 15) is 0 Å². The highest BCUT2D eigenvalue weighted by molar-refractivity contribution is 7.99. The highest BCUT2D eigenvalue weighted by atomic mass is 31.2. The topological polar surface area (TPSA) is 0 Å². The van der Waals surface area contributed by atoms with Gasteiger partial charge >= 0.3 is 0 Å². The fraction of sp³-hybridized carbons (Fsp3) is 0.214. The van der Waals surface area contributed by atoms with Crippen molar-refractivity contribution < 1.29 is 0 Å². The lowest BCUT2D eigenvalue weighted by Crippen LogP contribution is -2.33. The summed E-state index contributed by atoms with van der Waals surface area (Å²) in [6.07, 6.45) is 12.2. The molecule has 1 aliphatic carbocycles. The molecule has 1 aliphatic rings. The van der Waals surface area contributed by atoms with E-state index in [0.717, 1.165) is 6.42 Å². The summed E-state index contributed by atoms with van der Waals surface area (Å²) in [5, 5.41) is 5.96. The molecule has 0 aliphatic heterocycles. The maximum atomic E-state index is 2.43. The molecule has 1 unspecified atom stereocenters. The largest absolute Gasteiger partial charge is 0.140 e. The predicted molar refractivity (Wildman–Crippen MR) is 130 cm³/mol. The van der Waals surface area contributed by atoms with Gasteiger partial charge in [0.1, 0.15) is 23.2 Å². The molecule has 0 fully saturated rings. The minimum atomic E-state index is -1.89. The third-order valence-corrected chi connectivity index (χ3v) is 10.3. The maximum absolute atomic E-state index is 2.43. The van der Waals surface area contributed by atoms with E-state index in [2.05, 4.69) is 116 Å². The Morgan fingerprint density at radius 1 is 0.724 bits per heavy atom. The van der Waals surface area contributed by atoms with Crippen LogP contribution in [0.5, 0.6) is 0 Å². The van der Waals surface area contributed by atoms with Crippen LogP contribution in [0.3, 0.4) is 0 Å². The van der Waals surface area contributed by atoms with Crippen molar-refractivity contribution in [1.82, 2.24) is 0 Å². The summed E-state index contributed by atoms with van der Waals surface area (Å²) in [5.41, 5.74) is 0. The van der Waals surface area contributed by atoms with Gasteiger partial charge in [0.25, 0.3) is 0 Å². The third kappa shape index (κ3) is 4.00. The number of benzene rings is 3. The van der Waals surface area contributed by atoms with E-state index in [-0.39, 0.29) is 0 Å². The van der Waals surface area contributed by atoms with Gasteiger partial charge in [0.05, 0.1) is 5.31 Å². The van der Waals surface area contributed by atoms with Crippen molar-refractivity contribution in [3.63, 3.8) is 0 Å². The van der Waals surface area contributed by atoms with Crippen LogP contribution in [0.25, 0.3) is 0 Å². The van der Waals surface area contributed by atoms with Crippen LogP contribution in [0, 0.1) is 5.92 Å². The van der Waals surface area contributed by atoms with Crippen molar-refractivity contribution in [2.75, 3.05) is 0 Å². The van der Waals surface area contributed by atoms with Crippen molar-refractivity contribution >= 4 is 23.2 Å². The lowest BCUT2D eigenvalue weighted by molar-refractivity contribution is 0.554. The summed E-state index contributed by atoms with van der Waals surface area (Å²) in [5.74, 6) is 0.644. The van der Waals surface area contributed by atoms with E-state index in [1.54, 1.807) is 5.31 Å². The van der Waals surface area contributed by atoms with Crippen molar-refractivity contribution in [3.8, 4) is 0 Å². The Hall–Kier alpha value is -2.43. The second-order valence-corrected chi connectivity index (χ2v) is 11.3. The van der Waals surface area contributed by atoms with E-state index < -0.39 is 7.26 Å². The normalized spacial score (nSPS) is 16.4. The first-order valence-corrected chi connectivity index (χ1v) is 12.6. The molecule has 3 aromatic carbocycles. The average Bonchev–Trinajstić information content (AvgIpc) is 2.81. The SMILES string of the molecule is CCCCC1C=CC=C([P+](c2ccccc2)(c2ccccc2)c2ccccc2)C1. The van der Waals surface area contributed by atoms with Crippen LogP contribution in [0.4, 0.5) is 0 Å². The summed E-state index contributed by atoms with van der Waals surface area (Å²) in [6, 6.07) is 33.6. The molecular weight excluding hydrogens is 367 g/mol. The monoisotopic (exact) mass is 397 g/mol. The molecule has 0 saturated heterocycles. The van der Waals surface area contributed by atoms with Gasteiger partial charge in [-0.25, -0.2) is 0 Å². The van der Waals surface area contributed by atoms with Gasteiger partial charge in [-0.3, -0.25) is 0 Å². The smallest absolute Gasteiger partial charge is 0.0808 e. The zero-order valence-corrected chi connectivity index (χ0v) is 18.1. The number of allylic oxidation sites excluding steroid dienone is 4. The fourth-order valence-electron chi connectivity index (χ4n) is 4.54. The second kappa shape index (κ2) is 9.38. The van der Waals surface area contributed by atoms with Crippen LogP contribution in [0.15, 0.2) is 115 Å². The molecular formula is C28H30P+. The summed E-state index contributed by atoms with van der Waals surface area (Å²) < 4.78 is 0. The highest BCUT2D eigenvalue weighted by Gasteiger charge is 2.49. The Bertz CT molecular complexity index is 858. The van der Waals surface area contributed by atoms with E-state index in [0.29, 0.717) is 5.92 Å². The van der Waals surface area contributed by atoms with Gasteiger partial charge in [0.15, 0.2) is 0 Å². The minimum absolute atomic E-state index is 0.644. The number of hydrogen-bond acceptors (Lipinski definition) is 0. The predicted octanol–water partition coefficient (Wildman–Crippen LogP) is 6.63. The Morgan fingerprint density at radius 3 is 1.66 bits per heavy atom. The zero-order chi connectivity index (χ0) is 19.9. The van der Waals surface area contributed by atoms with Crippen LogP contribution >= 0.6 is 7.26 Å². The van der Waals surface area contributed by atoms with Crippen molar-refractivity contribution in [2.24, 2.45) is 5.92 Å². The van der Waals surface area contributed by atoms with E-state index >= 15 is 0 Å². The third-order valence-electron chi connectivity index (χ3n) is 5.93. The molecule has 0 spiro atoms. The average molecular weight is 398 g/mol. The van der Waals surface area contributed by atoms with Crippen molar-refractivity contribution in [2.45, 2.75) is 32.6 Å². The molecule has 1 heteroatoms. The molecule has 0 aromatic heterocycles. The number of hydrogen-bond donors (Lipinski definition) is 0. The summed E-state index contributed by atoms with van der Waals surface area (Å²) >= 11 is 0. The van der Waals surface area contributed by atoms with Crippen LogP contribution < -0.4 is 15.9 Å². The lowest BCUT2D eigenvalue weighted by Gasteiger charge is -2.32. The molecule has 0 bridgehead atoms. The maximum Gasteiger partial charge on any atom is 0.140 e. The fourth-order valence-corrected chi connectivity index (χ4v) is 9.11. The molecule has 0 heterocycles. The molecule has 0 radical (unpaired) electrons. The van der Waals surface area contributed by atoms with Gasteiger partial charge < -0.3 is 0 Å². The molecule has 0 N–H and O–H groups in total. The molecule has 146 valence electrons. The van der Waals surface area contributed by atoms with Crippen molar-refractivity contribution in [3.05, 3.63) is 115 Å². The standard InChI is InChI=1S/C28H30P/c1-2-3-14-24-15-13-22-28(23-24)29(25-16-7-4-8-17-25,26-18-9-5-10-19-26)27-20-11-6-12-21-27/h4-13,15-22,24H,2-3,14,23H2,1H3/q+1. The molecule has 0 saturated carbocycles. The molecule has 4 rings (SSSR count). The Morgan fingerprint density at radius 2 is 1.21 bits per heavy atom.